The summed E-state index contributed by atoms with van der Waals surface area (Å²) in [5, 5.41) is 17.8. The lowest BCUT2D eigenvalue weighted by molar-refractivity contribution is 0.425. The van der Waals surface area contributed by atoms with Crippen LogP contribution in [0.1, 0.15) is 19.4 Å². The van der Waals surface area contributed by atoms with E-state index >= 15 is 0 Å². The molecule has 0 aromatic heterocycles. The summed E-state index contributed by atoms with van der Waals surface area (Å²) in [4.78, 5) is 0. The molecule has 2 N–H and O–H groups in total. The van der Waals surface area contributed by atoms with Crippen molar-refractivity contribution in [2.45, 2.75) is 20.3 Å². The summed E-state index contributed by atoms with van der Waals surface area (Å²) in [6.07, 6.45) is 0.734. The van der Waals surface area contributed by atoms with Crippen molar-refractivity contribution >= 4 is 12.6 Å². The van der Waals surface area contributed by atoms with Crippen LogP contribution < -0.4 is 5.46 Å². The van der Waals surface area contributed by atoms with Gasteiger partial charge in [0.25, 0.3) is 0 Å². The summed E-state index contributed by atoms with van der Waals surface area (Å²) in [5.74, 6) is -0.00765. The molecule has 0 unspecified atom stereocenters. The molecule has 0 radical (unpaired) electrons. The van der Waals surface area contributed by atoms with Gasteiger partial charge in [-0.2, -0.15) is 0 Å². The minimum atomic E-state index is -1.60. The minimum Gasteiger partial charge on any atom is -0.423 e. The zero-order valence-electron chi connectivity index (χ0n) is 8.37. The predicted molar refractivity (Wildman–Crippen MR) is 54.8 cm³/mol. The van der Waals surface area contributed by atoms with Crippen molar-refractivity contribution in [1.82, 2.24) is 0 Å². The second-order valence-corrected chi connectivity index (χ2v) is 3.86. The molecule has 0 fully saturated rings. The molecule has 0 aliphatic rings. The topological polar surface area (TPSA) is 40.5 Å². The van der Waals surface area contributed by atoms with Gasteiger partial charge >= 0.3 is 7.12 Å². The summed E-state index contributed by atoms with van der Waals surface area (Å²) < 4.78 is 13.0. The fraction of sp³-hybridized carbons (Fsp3) is 0.400. The van der Waals surface area contributed by atoms with E-state index in [0.29, 0.717) is 5.92 Å². The van der Waals surface area contributed by atoms with Crippen LogP contribution in [0, 0.1) is 11.7 Å². The third kappa shape index (κ3) is 3.12. The van der Waals surface area contributed by atoms with E-state index in [1.165, 1.54) is 6.07 Å². The minimum absolute atomic E-state index is 0.209. The molecule has 0 saturated carbocycles. The van der Waals surface area contributed by atoms with E-state index in [2.05, 4.69) is 0 Å². The summed E-state index contributed by atoms with van der Waals surface area (Å²) in [5.41, 5.74) is 1.00. The van der Waals surface area contributed by atoms with E-state index in [4.69, 9.17) is 10.0 Å². The van der Waals surface area contributed by atoms with E-state index in [-0.39, 0.29) is 5.46 Å². The molecule has 2 nitrogen and oxygen atoms in total. The van der Waals surface area contributed by atoms with Crippen LogP contribution in [0.5, 0.6) is 0 Å². The van der Waals surface area contributed by atoms with Crippen molar-refractivity contribution in [1.29, 1.82) is 0 Å². The standard InChI is InChI=1S/C10H14BFO2/c1-7(2)3-8-4-9(11(13)14)6-10(12)5-8/h4-7,13-14H,3H2,1-2H3. The highest BCUT2D eigenvalue weighted by Crippen LogP contribution is 2.08. The van der Waals surface area contributed by atoms with Gasteiger partial charge < -0.3 is 10.0 Å². The maximum absolute atomic E-state index is 13.0. The van der Waals surface area contributed by atoms with Crippen LogP contribution in [0.15, 0.2) is 18.2 Å². The van der Waals surface area contributed by atoms with Crippen molar-refractivity contribution in [3.63, 3.8) is 0 Å². The van der Waals surface area contributed by atoms with Gasteiger partial charge in [0.2, 0.25) is 0 Å². The van der Waals surface area contributed by atoms with Gasteiger partial charge in [0.15, 0.2) is 0 Å². The maximum Gasteiger partial charge on any atom is 0.488 e. The molecule has 76 valence electrons. The highest BCUT2D eigenvalue weighted by atomic mass is 19.1. The highest BCUT2D eigenvalue weighted by Gasteiger charge is 2.13. The first-order chi connectivity index (χ1) is 6.49. The van der Waals surface area contributed by atoms with Crippen molar-refractivity contribution in [2.24, 2.45) is 5.92 Å². The highest BCUT2D eigenvalue weighted by molar-refractivity contribution is 6.58. The van der Waals surface area contributed by atoms with Gasteiger partial charge in [-0.15, -0.1) is 0 Å². The van der Waals surface area contributed by atoms with Crippen molar-refractivity contribution in [3.8, 4) is 0 Å². The Morgan fingerprint density at radius 3 is 2.43 bits per heavy atom. The van der Waals surface area contributed by atoms with Gasteiger partial charge in [0.1, 0.15) is 5.82 Å². The summed E-state index contributed by atoms with van der Waals surface area (Å²) >= 11 is 0. The molecule has 0 aliphatic heterocycles. The molecular weight excluding hydrogens is 182 g/mol. The Morgan fingerprint density at radius 2 is 1.93 bits per heavy atom. The zero-order chi connectivity index (χ0) is 10.7. The van der Waals surface area contributed by atoms with Crippen molar-refractivity contribution < 1.29 is 14.4 Å². The normalized spacial score (nSPS) is 10.7. The summed E-state index contributed by atoms with van der Waals surface area (Å²) in [6, 6.07) is 4.17. The number of hydrogen-bond donors (Lipinski definition) is 2. The van der Waals surface area contributed by atoms with Crippen LogP contribution in [-0.2, 0) is 6.42 Å². The lowest BCUT2D eigenvalue weighted by Crippen LogP contribution is -2.30. The van der Waals surface area contributed by atoms with Gasteiger partial charge in [-0.05, 0) is 35.5 Å². The van der Waals surface area contributed by atoms with Gasteiger partial charge in [-0.1, -0.05) is 19.9 Å². The molecule has 0 spiro atoms. The molecule has 1 aromatic rings. The van der Waals surface area contributed by atoms with E-state index in [1.54, 1.807) is 6.07 Å². The van der Waals surface area contributed by atoms with Crippen LogP contribution in [-0.4, -0.2) is 17.2 Å². The predicted octanol–water partition coefficient (Wildman–Crippen LogP) is 0.704. The average Bonchev–Trinajstić information content (AvgIpc) is 2.01. The van der Waals surface area contributed by atoms with Crippen LogP contribution in [0.3, 0.4) is 0 Å². The van der Waals surface area contributed by atoms with Crippen LogP contribution >= 0.6 is 0 Å². The van der Waals surface area contributed by atoms with E-state index < -0.39 is 12.9 Å². The second kappa shape index (κ2) is 4.57. The monoisotopic (exact) mass is 196 g/mol. The van der Waals surface area contributed by atoms with E-state index in [9.17, 15) is 4.39 Å². The lowest BCUT2D eigenvalue weighted by Gasteiger charge is -2.07. The first kappa shape index (κ1) is 11.2. The molecule has 0 heterocycles. The fourth-order valence-electron chi connectivity index (χ4n) is 1.41. The number of benzene rings is 1. The largest absolute Gasteiger partial charge is 0.488 e. The third-order valence-corrected chi connectivity index (χ3v) is 1.92. The summed E-state index contributed by atoms with van der Waals surface area (Å²) in [7, 11) is -1.60. The zero-order valence-corrected chi connectivity index (χ0v) is 8.37. The van der Waals surface area contributed by atoms with Gasteiger partial charge in [-0.3, -0.25) is 0 Å². The Morgan fingerprint density at radius 1 is 1.29 bits per heavy atom. The second-order valence-electron chi connectivity index (χ2n) is 3.86. The number of rotatable bonds is 3. The first-order valence-corrected chi connectivity index (χ1v) is 4.64. The Hall–Kier alpha value is -0.865. The molecule has 1 aromatic carbocycles. The SMILES string of the molecule is CC(C)Cc1cc(F)cc(B(O)O)c1. The van der Waals surface area contributed by atoms with Crippen LogP contribution in [0.2, 0.25) is 0 Å². The third-order valence-electron chi connectivity index (χ3n) is 1.92. The van der Waals surface area contributed by atoms with Crippen LogP contribution in [0.4, 0.5) is 4.39 Å². The lowest BCUT2D eigenvalue weighted by atomic mass is 9.79. The Bertz CT molecular complexity index is 313. The summed E-state index contributed by atoms with van der Waals surface area (Å²) in [6.45, 7) is 4.06. The number of hydrogen-bond acceptors (Lipinski definition) is 2. The smallest absolute Gasteiger partial charge is 0.423 e. The molecular formula is C10H14BFO2. The Kier molecular flexibility index (Phi) is 3.66. The quantitative estimate of drug-likeness (QED) is 0.698. The van der Waals surface area contributed by atoms with E-state index in [1.807, 2.05) is 13.8 Å². The maximum atomic E-state index is 13.0. The molecule has 1 rings (SSSR count). The molecule has 0 atom stereocenters. The van der Waals surface area contributed by atoms with Gasteiger partial charge in [0.05, 0.1) is 0 Å². The Balaban J connectivity index is 2.95. The van der Waals surface area contributed by atoms with Gasteiger partial charge in [0, 0.05) is 0 Å². The first-order valence-electron chi connectivity index (χ1n) is 4.64. The molecule has 0 bridgehead atoms. The van der Waals surface area contributed by atoms with Crippen molar-refractivity contribution in [3.05, 3.63) is 29.6 Å². The Labute approximate surface area is 83.5 Å². The number of halogens is 1. The van der Waals surface area contributed by atoms with E-state index in [0.717, 1.165) is 18.1 Å². The molecule has 4 heteroatoms. The van der Waals surface area contributed by atoms with Crippen molar-refractivity contribution in [2.75, 3.05) is 0 Å². The molecule has 0 saturated heterocycles. The molecule has 14 heavy (non-hydrogen) atoms. The fourth-order valence-corrected chi connectivity index (χ4v) is 1.41. The molecule has 0 amide bonds. The van der Waals surface area contributed by atoms with Gasteiger partial charge in [-0.25, -0.2) is 4.39 Å². The molecule has 0 aliphatic carbocycles. The average molecular weight is 196 g/mol. The van der Waals surface area contributed by atoms with Crippen LogP contribution in [0.25, 0.3) is 0 Å².